The maximum atomic E-state index is 12.4. The van der Waals surface area contributed by atoms with Crippen molar-refractivity contribution < 1.29 is 14.6 Å². The van der Waals surface area contributed by atoms with E-state index in [1.165, 1.54) is 17.3 Å². The summed E-state index contributed by atoms with van der Waals surface area (Å²) >= 11 is 0. The molecule has 0 N–H and O–H groups in total. The monoisotopic (exact) mass is 302 g/mol. The van der Waals surface area contributed by atoms with Crippen LogP contribution in [0.4, 0.5) is 11.4 Å². The Bertz CT molecular complexity index is 734. The van der Waals surface area contributed by atoms with Gasteiger partial charge >= 0.3 is 0 Å². The highest BCUT2D eigenvalue weighted by atomic mass is 16.7. The number of nitro groups is 1. The quantitative estimate of drug-likeness (QED) is 0.485. The minimum absolute atomic E-state index is 0.151. The van der Waals surface area contributed by atoms with Crippen LogP contribution in [0.5, 0.6) is 0 Å². The maximum Gasteiger partial charge on any atom is 0.295 e. The average Bonchev–Trinajstić information content (AvgIpc) is 3.17. The fourth-order valence-electron chi connectivity index (χ4n) is 2.37. The van der Waals surface area contributed by atoms with E-state index in [9.17, 15) is 14.9 Å². The van der Waals surface area contributed by atoms with E-state index in [1.54, 1.807) is 29.9 Å². The number of hydrogen-bond acceptors (Lipinski definition) is 6. The van der Waals surface area contributed by atoms with Crippen LogP contribution in [-0.4, -0.2) is 33.4 Å². The van der Waals surface area contributed by atoms with Crippen molar-refractivity contribution in [2.75, 3.05) is 18.2 Å². The second-order valence-electron chi connectivity index (χ2n) is 4.94. The fourth-order valence-corrected chi connectivity index (χ4v) is 2.37. The highest BCUT2D eigenvalue weighted by Crippen LogP contribution is 2.31. The van der Waals surface area contributed by atoms with Crippen LogP contribution in [0.3, 0.4) is 0 Å². The van der Waals surface area contributed by atoms with Gasteiger partial charge in [-0.2, -0.15) is 0 Å². The van der Waals surface area contributed by atoms with Gasteiger partial charge in [-0.05, 0) is 18.6 Å². The number of nitro benzene ring substituents is 1. The molecule has 0 saturated carbocycles. The number of aromatic nitrogens is 2. The molecule has 1 aromatic carbocycles. The molecule has 0 aliphatic carbocycles. The van der Waals surface area contributed by atoms with Gasteiger partial charge in [-0.25, -0.2) is 10.0 Å². The lowest BCUT2D eigenvalue weighted by molar-refractivity contribution is -0.384. The van der Waals surface area contributed by atoms with Gasteiger partial charge in [0.25, 0.3) is 5.69 Å². The summed E-state index contributed by atoms with van der Waals surface area (Å²) < 4.78 is 1.58. The standard InChI is InChI=1S/C14H14N4O4/c1-16-7-5-15-14(16)13(19)10-3-4-11(12(9-10)18(20)21)17-6-2-8-22-17/h3-5,7,9H,2,6,8H2,1H3. The molecule has 2 aromatic rings. The third-order valence-electron chi connectivity index (χ3n) is 3.48. The van der Waals surface area contributed by atoms with Gasteiger partial charge < -0.3 is 4.57 Å². The number of aryl methyl sites for hydroxylation is 1. The van der Waals surface area contributed by atoms with Crippen molar-refractivity contribution in [1.29, 1.82) is 0 Å². The molecule has 8 nitrogen and oxygen atoms in total. The molecule has 0 amide bonds. The van der Waals surface area contributed by atoms with Crippen LogP contribution in [0.15, 0.2) is 30.6 Å². The number of benzene rings is 1. The predicted molar refractivity (Wildman–Crippen MR) is 77.7 cm³/mol. The van der Waals surface area contributed by atoms with Gasteiger partial charge in [0, 0.05) is 37.6 Å². The Hall–Kier alpha value is -2.74. The van der Waals surface area contributed by atoms with E-state index in [2.05, 4.69) is 4.98 Å². The maximum absolute atomic E-state index is 12.4. The Morgan fingerprint density at radius 1 is 1.45 bits per heavy atom. The summed E-state index contributed by atoms with van der Waals surface area (Å²) in [7, 11) is 1.70. The molecule has 2 heterocycles. The smallest absolute Gasteiger partial charge is 0.295 e. The first-order chi connectivity index (χ1) is 10.6. The minimum atomic E-state index is -0.508. The number of carbonyl (C=O) groups is 1. The van der Waals surface area contributed by atoms with Gasteiger partial charge in [0.1, 0.15) is 5.69 Å². The van der Waals surface area contributed by atoms with E-state index >= 15 is 0 Å². The minimum Gasteiger partial charge on any atom is -0.331 e. The van der Waals surface area contributed by atoms with E-state index in [1.807, 2.05) is 0 Å². The van der Waals surface area contributed by atoms with Crippen molar-refractivity contribution in [2.24, 2.45) is 7.05 Å². The Morgan fingerprint density at radius 3 is 2.86 bits per heavy atom. The molecule has 22 heavy (non-hydrogen) atoms. The predicted octanol–water partition coefficient (Wildman–Crippen LogP) is 1.70. The number of imidazole rings is 1. The summed E-state index contributed by atoms with van der Waals surface area (Å²) in [6.45, 7) is 1.12. The molecular formula is C14H14N4O4. The first-order valence-electron chi connectivity index (χ1n) is 6.79. The molecule has 1 aliphatic rings. The Labute approximate surface area is 126 Å². The first kappa shape index (κ1) is 14.2. The van der Waals surface area contributed by atoms with Gasteiger partial charge in [-0.1, -0.05) is 0 Å². The van der Waals surface area contributed by atoms with Crippen LogP contribution in [0.2, 0.25) is 0 Å². The van der Waals surface area contributed by atoms with Crippen molar-refractivity contribution >= 4 is 17.2 Å². The lowest BCUT2D eigenvalue weighted by Crippen LogP contribution is -2.18. The van der Waals surface area contributed by atoms with Crippen LogP contribution in [0.1, 0.15) is 22.6 Å². The van der Waals surface area contributed by atoms with Crippen LogP contribution < -0.4 is 5.06 Å². The van der Waals surface area contributed by atoms with Gasteiger partial charge in [0.15, 0.2) is 5.82 Å². The summed E-state index contributed by atoms with van der Waals surface area (Å²) in [5.74, 6) is -0.121. The lowest BCUT2D eigenvalue weighted by atomic mass is 10.1. The third-order valence-corrected chi connectivity index (χ3v) is 3.48. The summed E-state index contributed by atoms with van der Waals surface area (Å²) in [5, 5.41) is 12.8. The topological polar surface area (TPSA) is 90.5 Å². The molecule has 1 aliphatic heterocycles. The molecule has 8 heteroatoms. The van der Waals surface area contributed by atoms with Crippen LogP contribution in [0.25, 0.3) is 0 Å². The second-order valence-corrected chi connectivity index (χ2v) is 4.94. The molecule has 0 bridgehead atoms. The number of nitrogens with zero attached hydrogens (tertiary/aromatic N) is 4. The Morgan fingerprint density at radius 2 is 2.27 bits per heavy atom. The lowest BCUT2D eigenvalue weighted by Gasteiger charge is -2.16. The zero-order valence-corrected chi connectivity index (χ0v) is 11.9. The first-order valence-corrected chi connectivity index (χ1v) is 6.79. The Kier molecular flexibility index (Phi) is 3.60. The van der Waals surface area contributed by atoms with E-state index in [0.29, 0.717) is 18.8 Å². The number of carbonyl (C=O) groups excluding carboxylic acids is 1. The van der Waals surface area contributed by atoms with Crippen molar-refractivity contribution in [2.45, 2.75) is 6.42 Å². The number of hydrogen-bond donors (Lipinski definition) is 0. The average molecular weight is 302 g/mol. The molecule has 0 radical (unpaired) electrons. The molecule has 3 rings (SSSR count). The number of hydroxylamine groups is 1. The highest BCUT2D eigenvalue weighted by molar-refractivity contribution is 6.07. The van der Waals surface area contributed by atoms with Gasteiger partial charge in [-0.15, -0.1) is 0 Å². The molecule has 1 saturated heterocycles. The number of ketones is 1. The van der Waals surface area contributed by atoms with Gasteiger partial charge in [-0.3, -0.25) is 19.7 Å². The SMILES string of the molecule is Cn1ccnc1C(=O)c1ccc(N2CCCO2)c([N+](=O)[O-])c1. The van der Waals surface area contributed by atoms with Crippen molar-refractivity contribution in [3.05, 3.63) is 52.1 Å². The second kappa shape index (κ2) is 5.57. The molecule has 1 aromatic heterocycles. The van der Waals surface area contributed by atoms with E-state index < -0.39 is 4.92 Å². The molecule has 0 unspecified atom stereocenters. The van der Waals surface area contributed by atoms with Crippen molar-refractivity contribution in [3.63, 3.8) is 0 Å². The van der Waals surface area contributed by atoms with Gasteiger partial charge in [0.05, 0.1) is 11.5 Å². The van der Waals surface area contributed by atoms with Crippen LogP contribution in [-0.2, 0) is 11.9 Å². The fraction of sp³-hybridized carbons (Fsp3) is 0.286. The molecule has 0 spiro atoms. The zero-order chi connectivity index (χ0) is 15.7. The van der Waals surface area contributed by atoms with Gasteiger partial charge in [0.2, 0.25) is 5.78 Å². The largest absolute Gasteiger partial charge is 0.331 e. The van der Waals surface area contributed by atoms with E-state index in [0.717, 1.165) is 6.42 Å². The molecular weight excluding hydrogens is 288 g/mol. The van der Waals surface area contributed by atoms with Crippen molar-refractivity contribution in [3.8, 4) is 0 Å². The van der Waals surface area contributed by atoms with Crippen LogP contribution in [0, 0.1) is 10.1 Å². The van der Waals surface area contributed by atoms with Crippen molar-refractivity contribution in [1.82, 2.24) is 9.55 Å². The van der Waals surface area contributed by atoms with E-state index in [-0.39, 0.29) is 22.9 Å². The van der Waals surface area contributed by atoms with E-state index in [4.69, 9.17) is 4.84 Å². The number of rotatable bonds is 4. The summed E-state index contributed by atoms with van der Waals surface area (Å²) in [4.78, 5) is 32.5. The highest BCUT2D eigenvalue weighted by Gasteiger charge is 2.25. The summed E-state index contributed by atoms with van der Waals surface area (Å²) in [5.41, 5.74) is 0.435. The summed E-state index contributed by atoms with van der Waals surface area (Å²) in [6.07, 6.45) is 3.97. The Balaban J connectivity index is 2.00. The zero-order valence-electron chi connectivity index (χ0n) is 11.9. The molecule has 0 atom stereocenters. The molecule has 114 valence electrons. The molecule has 1 fully saturated rings. The van der Waals surface area contributed by atoms with Crippen LogP contribution >= 0.6 is 0 Å². The number of anilines is 1. The normalized spacial score (nSPS) is 14.3. The summed E-state index contributed by atoms with van der Waals surface area (Å²) in [6, 6.07) is 4.37. The third kappa shape index (κ3) is 2.44.